The van der Waals surface area contributed by atoms with Gasteiger partial charge in [0.1, 0.15) is 12.4 Å². The molecular formula is C27H23N3O3. The summed E-state index contributed by atoms with van der Waals surface area (Å²) in [7, 11) is 0. The van der Waals surface area contributed by atoms with Gasteiger partial charge in [0.15, 0.2) is 0 Å². The quantitative estimate of drug-likeness (QED) is 0.319. The molecule has 4 aromatic rings. The van der Waals surface area contributed by atoms with Crippen molar-refractivity contribution < 1.29 is 14.3 Å². The van der Waals surface area contributed by atoms with Crippen LogP contribution in [0.5, 0.6) is 5.75 Å². The fourth-order valence-corrected chi connectivity index (χ4v) is 3.29. The number of benzene rings is 4. The van der Waals surface area contributed by atoms with Crippen molar-refractivity contribution in [2.45, 2.75) is 6.61 Å². The third-order valence-electron chi connectivity index (χ3n) is 4.98. The molecule has 0 spiro atoms. The van der Waals surface area contributed by atoms with E-state index in [0.29, 0.717) is 12.2 Å². The summed E-state index contributed by atoms with van der Waals surface area (Å²) in [6.07, 6.45) is 1.53. The highest BCUT2D eigenvalue weighted by Crippen LogP contribution is 2.18. The Hall–Kier alpha value is -4.45. The molecule has 0 aliphatic heterocycles. The second kappa shape index (κ2) is 10.7. The highest BCUT2D eigenvalue weighted by Gasteiger charge is 2.10. The van der Waals surface area contributed by atoms with Gasteiger partial charge in [-0.25, -0.2) is 5.43 Å². The highest BCUT2D eigenvalue weighted by molar-refractivity contribution is 6.07. The third-order valence-corrected chi connectivity index (χ3v) is 4.98. The predicted octanol–water partition coefficient (Wildman–Crippen LogP) is 4.30. The first-order valence-corrected chi connectivity index (χ1v) is 10.5. The molecule has 0 heterocycles. The average Bonchev–Trinajstić information content (AvgIpc) is 2.87. The number of ether oxygens (including phenoxy) is 1. The summed E-state index contributed by atoms with van der Waals surface area (Å²) >= 11 is 0. The van der Waals surface area contributed by atoms with Gasteiger partial charge in [0, 0.05) is 5.56 Å². The predicted molar refractivity (Wildman–Crippen MR) is 129 cm³/mol. The molecule has 0 saturated carbocycles. The normalized spacial score (nSPS) is 10.8. The summed E-state index contributed by atoms with van der Waals surface area (Å²) in [5.74, 6) is 0.0239. The summed E-state index contributed by atoms with van der Waals surface area (Å²) in [5, 5.41) is 8.39. The first kappa shape index (κ1) is 21.8. The molecule has 0 fully saturated rings. The molecule has 33 heavy (non-hydrogen) atoms. The second-order valence-corrected chi connectivity index (χ2v) is 7.35. The Bertz CT molecular complexity index is 1260. The summed E-state index contributed by atoms with van der Waals surface area (Å²) in [4.78, 5) is 24.5. The maximum Gasteiger partial charge on any atom is 0.259 e. The van der Waals surface area contributed by atoms with E-state index >= 15 is 0 Å². The van der Waals surface area contributed by atoms with E-state index in [1.54, 1.807) is 6.07 Å². The van der Waals surface area contributed by atoms with E-state index in [-0.39, 0.29) is 12.5 Å². The lowest BCUT2D eigenvalue weighted by molar-refractivity contribution is -0.120. The van der Waals surface area contributed by atoms with Gasteiger partial charge in [-0.1, -0.05) is 66.7 Å². The van der Waals surface area contributed by atoms with Crippen LogP contribution in [-0.2, 0) is 11.4 Å². The van der Waals surface area contributed by atoms with E-state index in [1.807, 2.05) is 91.0 Å². The largest absolute Gasteiger partial charge is 0.489 e. The van der Waals surface area contributed by atoms with E-state index in [4.69, 9.17) is 4.74 Å². The molecule has 0 saturated heterocycles. The minimum atomic E-state index is -0.414. The fraction of sp³-hybridized carbons (Fsp3) is 0.0741. The Morgan fingerprint density at radius 3 is 2.36 bits per heavy atom. The number of fused-ring (bicyclic) bond motifs is 1. The zero-order chi connectivity index (χ0) is 22.9. The Morgan fingerprint density at radius 1 is 0.818 bits per heavy atom. The van der Waals surface area contributed by atoms with Crippen LogP contribution in [0.25, 0.3) is 10.8 Å². The fourth-order valence-electron chi connectivity index (χ4n) is 3.29. The lowest BCUT2D eigenvalue weighted by atomic mass is 10.0. The molecule has 0 aromatic heterocycles. The standard InChI is InChI=1S/C27H23N3O3/c31-26(18-28-27(32)25-12-6-10-22-9-4-5-11-24(22)25)30-29-17-20-13-15-23(16-14-20)33-19-21-7-2-1-3-8-21/h1-17H,18-19H2,(H,28,32)(H,30,31)/b29-17-. The van der Waals surface area contributed by atoms with Gasteiger partial charge in [0.05, 0.1) is 12.8 Å². The van der Waals surface area contributed by atoms with E-state index in [9.17, 15) is 9.59 Å². The van der Waals surface area contributed by atoms with Crippen LogP contribution in [0.15, 0.2) is 102 Å². The molecule has 6 nitrogen and oxygen atoms in total. The average molecular weight is 437 g/mol. The molecule has 2 amide bonds. The number of hydrogen-bond acceptors (Lipinski definition) is 4. The second-order valence-electron chi connectivity index (χ2n) is 7.35. The number of rotatable bonds is 8. The highest BCUT2D eigenvalue weighted by atomic mass is 16.5. The van der Waals surface area contributed by atoms with Crippen LogP contribution in [0.4, 0.5) is 0 Å². The van der Waals surface area contributed by atoms with Crippen molar-refractivity contribution in [3.8, 4) is 5.75 Å². The monoisotopic (exact) mass is 437 g/mol. The number of carbonyl (C=O) groups is 2. The van der Waals surface area contributed by atoms with Crippen molar-refractivity contribution in [2.75, 3.05) is 6.54 Å². The molecule has 4 rings (SSSR count). The first-order chi connectivity index (χ1) is 16.2. The maximum atomic E-state index is 12.5. The van der Waals surface area contributed by atoms with Crippen LogP contribution in [0.1, 0.15) is 21.5 Å². The number of amides is 2. The minimum absolute atomic E-state index is 0.175. The van der Waals surface area contributed by atoms with Crippen LogP contribution >= 0.6 is 0 Å². The number of carbonyl (C=O) groups excluding carboxylic acids is 2. The van der Waals surface area contributed by atoms with E-state index in [1.165, 1.54) is 6.21 Å². The molecule has 164 valence electrons. The van der Waals surface area contributed by atoms with E-state index in [0.717, 1.165) is 27.6 Å². The van der Waals surface area contributed by atoms with Gasteiger partial charge in [-0.15, -0.1) is 0 Å². The molecule has 0 aliphatic carbocycles. The zero-order valence-electron chi connectivity index (χ0n) is 17.9. The molecule has 6 heteroatoms. The topological polar surface area (TPSA) is 79.8 Å². The third kappa shape index (κ3) is 6.04. The molecule has 0 radical (unpaired) electrons. The summed E-state index contributed by atoms with van der Waals surface area (Å²) in [6.45, 7) is 0.320. The van der Waals surface area contributed by atoms with Gasteiger partial charge in [-0.3, -0.25) is 9.59 Å². The number of hydrogen-bond donors (Lipinski definition) is 2. The smallest absolute Gasteiger partial charge is 0.259 e. The molecule has 0 aliphatic rings. The van der Waals surface area contributed by atoms with Crippen molar-refractivity contribution in [2.24, 2.45) is 5.10 Å². The molecular weight excluding hydrogens is 414 g/mol. The Balaban J connectivity index is 1.24. The first-order valence-electron chi connectivity index (χ1n) is 10.5. The number of hydrazone groups is 1. The summed E-state index contributed by atoms with van der Waals surface area (Å²) in [5.41, 5.74) is 4.85. The maximum absolute atomic E-state index is 12.5. The molecule has 2 N–H and O–H groups in total. The van der Waals surface area contributed by atoms with Crippen LogP contribution < -0.4 is 15.5 Å². The minimum Gasteiger partial charge on any atom is -0.489 e. The van der Waals surface area contributed by atoms with E-state index in [2.05, 4.69) is 15.8 Å². The van der Waals surface area contributed by atoms with Crippen molar-refractivity contribution >= 4 is 28.8 Å². The van der Waals surface area contributed by atoms with Crippen molar-refractivity contribution in [3.05, 3.63) is 114 Å². The zero-order valence-corrected chi connectivity index (χ0v) is 17.9. The Morgan fingerprint density at radius 2 is 1.55 bits per heavy atom. The molecule has 0 atom stereocenters. The number of nitrogens with one attached hydrogen (secondary N) is 2. The SMILES string of the molecule is O=C(CNC(=O)c1cccc2ccccc12)N/N=C\c1ccc(OCc2ccccc2)cc1. The van der Waals surface area contributed by atoms with Crippen LogP contribution in [0, 0.1) is 0 Å². The van der Waals surface area contributed by atoms with Gasteiger partial charge in [-0.05, 0) is 52.2 Å². The lowest BCUT2D eigenvalue weighted by Crippen LogP contribution is -2.35. The van der Waals surface area contributed by atoms with Gasteiger partial charge in [0.2, 0.25) is 0 Å². The van der Waals surface area contributed by atoms with Gasteiger partial charge < -0.3 is 10.1 Å². The number of nitrogens with zero attached hydrogens (tertiary/aromatic N) is 1. The van der Waals surface area contributed by atoms with Crippen LogP contribution in [0.3, 0.4) is 0 Å². The van der Waals surface area contributed by atoms with Gasteiger partial charge >= 0.3 is 0 Å². The molecule has 4 aromatic carbocycles. The summed E-state index contributed by atoms with van der Waals surface area (Å²) < 4.78 is 5.75. The van der Waals surface area contributed by atoms with Crippen LogP contribution in [-0.4, -0.2) is 24.6 Å². The van der Waals surface area contributed by atoms with Gasteiger partial charge in [-0.2, -0.15) is 5.10 Å². The summed E-state index contributed by atoms with van der Waals surface area (Å²) in [6, 6.07) is 30.4. The molecule has 0 bridgehead atoms. The van der Waals surface area contributed by atoms with Crippen molar-refractivity contribution in [1.82, 2.24) is 10.7 Å². The van der Waals surface area contributed by atoms with E-state index < -0.39 is 5.91 Å². The van der Waals surface area contributed by atoms with Crippen molar-refractivity contribution in [3.63, 3.8) is 0 Å². The Kier molecular flexibility index (Phi) is 7.08. The Labute approximate surface area is 191 Å². The van der Waals surface area contributed by atoms with Gasteiger partial charge in [0.25, 0.3) is 11.8 Å². The van der Waals surface area contributed by atoms with Crippen molar-refractivity contribution in [1.29, 1.82) is 0 Å². The van der Waals surface area contributed by atoms with Crippen LogP contribution in [0.2, 0.25) is 0 Å². The molecule has 0 unspecified atom stereocenters. The lowest BCUT2D eigenvalue weighted by Gasteiger charge is -2.07.